The van der Waals surface area contributed by atoms with Crippen molar-refractivity contribution in [1.29, 1.82) is 0 Å². The second-order valence-electron chi connectivity index (χ2n) is 8.51. The van der Waals surface area contributed by atoms with E-state index >= 15 is 0 Å². The molecule has 4 rings (SSSR count). The molecule has 0 heterocycles. The van der Waals surface area contributed by atoms with Crippen molar-refractivity contribution in [2.45, 2.75) is 48.8 Å². The highest BCUT2D eigenvalue weighted by atomic mass is 32.2. The van der Waals surface area contributed by atoms with Gasteiger partial charge < -0.3 is 10.6 Å². The van der Waals surface area contributed by atoms with E-state index in [-0.39, 0.29) is 12.1 Å². The number of hydrogen-bond donors (Lipinski definition) is 2. The maximum absolute atomic E-state index is 13.8. The highest BCUT2D eigenvalue weighted by Gasteiger charge is 2.16. The van der Waals surface area contributed by atoms with Crippen molar-refractivity contribution in [2.75, 3.05) is 0 Å². The second kappa shape index (κ2) is 11.9. The Labute approximate surface area is 205 Å². The highest BCUT2D eigenvalue weighted by molar-refractivity contribution is 7.85. The van der Waals surface area contributed by atoms with Crippen molar-refractivity contribution >= 4 is 10.8 Å². The molecule has 0 bridgehead atoms. The SMILES string of the molecule is C[C@H](NCc1ccccc1S(=O)c1ccccc1CN[C@@H](C)c1ccccc1)c1ccccc1. The molecule has 0 fully saturated rings. The zero-order valence-electron chi connectivity index (χ0n) is 19.8. The summed E-state index contributed by atoms with van der Waals surface area (Å²) in [5.41, 5.74) is 4.60. The molecule has 0 spiro atoms. The third kappa shape index (κ3) is 6.09. The Kier molecular flexibility index (Phi) is 8.42. The number of hydrogen-bond acceptors (Lipinski definition) is 3. The summed E-state index contributed by atoms with van der Waals surface area (Å²) in [6.45, 7) is 5.63. The van der Waals surface area contributed by atoms with Crippen molar-refractivity contribution in [3.63, 3.8) is 0 Å². The molecule has 4 aromatic carbocycles. The molecule has 0 saturated carbocycles. The quantitative estimate of drug-likeness (QED) is 0.277. The molecule has 4 heteroatoms. The minimum absolute atomic E-state index is 0.207. The molecule has 2 N–H and O–H groups in total. The maximum Gasteiger partial charge on any atom is 0.0856 e. The largest absolute Gasteiger partial charge is 0.306 e. The third-order valence-corrected chi connectivity index (χ3v) is 7.74. The molecule has 2 atom stereocenters. The fraction of sp³-hybridized carbons (Fsp3) is 0.200. The standard InChI is InChI=1S/C30H32N2OS/c1-23(25-13-5-3-6-14-25)31-21-27-17-9-11-19-29(27)34(33)30-20-12-10-18-28(30)22-32-24(2)26-15-7-4-8-16-26/h3-20,23-24,31-32H,21-22H2,1-2H3/t23-,24-/m0/s1. The molecule has 0 unspecified atom stereocenters. The minimum Gasteiger partial charge on any atom is -0.306 e. The van der Waals surface area contributed by atoms with Gasteiger partial charge in [0.15, 0.2) is 0 Å². The Balaban J connectivity index is 1.49. The van der Waals surface area contributed by atoms with Crippen molar-refractivity contribution < 1.29 is 4.21 Å². The number of rotatable bonds is 10. The van der Waals surface area contributed by atoms with Gasteiger partial charge >= 0.3 is 0 Å². The van der Waals surface area contributed by atoms with Crippen LogP contribution in [0.5, 0.6) is 0 Å². The summed E-state index contributed by atoms with van der Waals surface area (Å²) < 4.78 is 13.8. The van der Waals surface area contributed by atoms with Gasteiger partial charge in [0.25, 0.3) is 0 Å². The van der Waals surface area contributed by atoms with E-state index in [1.807, 2.05) is 48.5 Å². The van der Waals surface area contributed by atoms with Crippen LogP contribution in [0.4, 0.5) is 0 Å². The predicted octanol–water partition coefficient (Wildman–Crippen LogP) is 6.55. The summed E-state index contributed by atoms with van der Waals surface area (Å²) in [6.07, 6.45) is 0. The topological polar surface area (TPSA) is 41.1 Å². The van der Waals surface area contributed by atoms with E-state index in [4.69, 9.17) is 0 Å². The monoisotopic (exact) mass is 468 g/mol. The Bertz CT molecular complexity index is 1120. The van der Waals surface area contributed by atoms with Crippen LogP contribution >= 0.6 is 0 Å². The number of benzene rings is 4. The van der Waals surface area contributed by atoms with Gasteiger partial charge in [0.1, 0.15) is 0 Å². The molecular formula is C30H32N2OS. The molecule has 0 aliphatic rings. The summed E-state index contributed by atoms with van der Waals surface area (Å²) in [5, 5.41) is 7.18. The first-order chi connectivity index (χ1) is 16.6. The van der Waals surface area contributed by atoms with Crippen LogP contribution in [0.25, 0.3) is 0 Å². The van der Waals surface area contributed by atoms with Crippen molar-refractivity contribution in [3.05, 3.63) is 131 Å². The zero-order chi connectivity index (χ0) is 23.8. The van der Waals surface area contributed by atoms with Gasteiger partial charge in [-0.2, -0.15) is 0 Å². The normalized spacial score (nSPS) is 13.0. The summed E-state index contributed by atoms with van der Waals surface area (Å²) >= 11 is 0. The van der Waals surface area contributed by atoms with E-state index < -0.39 is 10.8 Å². The second-order valence-corrected chi connectivity index (χ2v) is 9.93. The first-order valence-electron chi connectivity index (χ1n) is 11.8. The summed E-state index contributed by atoms with van der Waals surface area (Å²) in [4.78, 5) is 1.72. The van der Waals surface area contributed by atoms with Crippen LogP contribution in [-0.2, 0) is 23.9 Å². The van der Waals surface area contributed by atoms with Crippen LogP contribution in [0, 0.1) is 0 Å². The van der Waals surface area contributed by atoms with Gasteiger partial charge in [-0.3, -0.25) is 0 Å². The van der Waals surface area contributed by atoms with Crippen LogP contribution in [0.2, 0.25) is 0 Å². The molecule has 0 saturated heterocycles. The summed E-state index contributed by atoms with van der Waals surface area (Å²) in [6, 6.07) is 37.3. The van der Waals surface area contributed by atoms with Crippen LogP contribution < -0.4 is 10.6 Å². The third-order valence-electron chi connectivity index (χ3n) is 6.14. The molecule has 0 aliphatic carbocycles. The Morgan fingerprint density at radius 3 is 1.32 bits per heavy atom. The number of nitrogens with one attached hydrogen (secondary N) is 2. The molecule has 0 radical (unpaired) electrons. The molecule has 0 aromatic heterocycles. The highest BCUT2D eigenvalue weighted by Crippen LogP contribution is 2.25. The molecule has 0 amide bonds. The van der Waals surface area contributed by atoms with E-state index in [9.17, 15) is 4.21 Å². The lowest BCUT2D eigenvalue weighted by molar-refractivity contribution is 0.568. The van der Waals surface area contributed by atoms with Gasteiger partial charge in [0.2, 0.25) is 0 Å². The van der Waals surface area contributed by atoms with Crippen molar-refractivity contribution in [3.8, 4) is 0 Å². The minimum atomic E-state index is -1.27. The molecule has 0 aliphatic heterocycles. The Hall–Kier alpha value is -3.05. The Morgan fingerprint density at radius 2 is 0.912 bits per heavy atom. The lowest BCUT2D eigenvalue weighted by Gasteiger charge is -2.18. The summed E-state index contributed by atoms with van der Waals surface area (Å²) in [7, 11) is -1.27. The summed E-state index contributed by atoms with van der Waals surface area (Å²) in [5.74, 6) is 0. The fourth-order valence-corrected chi connectivity index (χ4v) is 5.42. The first kappa shape index (κ1) is 24.1. The van der Waals surface area contributed by atoms with E-state index in [2.05, 4.69) is 85.1 Å². The van der Waals surface area contributed by atoms with Crippen molar-refractivity contribution in [1.82, 2.24) is 10.6 Å². The van der Waals surface area contributed by atoms with Crippen LogP contribution in [0.3, 0.4) is 0 Å². The van der Waals surface area contributed by atoms with E-state index in [1.54, 1.807) is 0 Å². The van der Waals surface area contributed by atoms with E-state index in [0.717, 1.165) is 20.9 Å². The smallest absolute Gasteiger partial charge is 0.0856 e. The molecule has 4 aromatic rings. The molecular weight excluding hydrogens is 436 g/mol. The van der Waals surface area contributed by atoms with Crippen LogP contribution in [0.15, 0.2) is 119 Å². The lowest BCUT2D eigenvalue weighted by atomic mass is 10.1. The average molecular weight is 469 g/mol. The van der Waals surface area contributed by atoms with Gasteiger partial charge in [0.05, 0.1) is 10.8 Å². The molecule has 34 heavy (non-hydrogen) atoms. The van der Waals surface area contributed by atoms with Crippen molar-refractivity contribution in [2.24, 2.45) is 0 Å². The van der Waals surface area contributed by atoms with Gasteiger partial charge in [-0.05, 0) is 48.2 Å². The maximum atomic E-state index is 13.8. The van der Waals surface area contributed by atoms with Gasteiger partial charge in [0, 0.05) is 35.0 Å². The van der Waals surface area contributed by atoms with Crippen LogP contribution in [0.1, 0.15) is 48.2 Å². The van der Waals surface area contributed by atoms with Gasteiger partial charge in [-0.25, -0.2) is 4.21 Å². The molecule has 3 nitrogen and oxygen atoms in total. The Morgan fingerprint density at radius 1 is 0.559 bits per heavy atom. The van der Waals surface area contributed by atoms with E-state index in [0.29, 0.717) is 13.1 Å². The van der Waals surface area contributed by atoms with Gasteiger partial charge in [-0.15, -0.1) is 0 Å². The van der Waals surface area contributed by atoms with Gasteiger partial charge in [-0.1, -0.05) is 97.1 Å². The average Bonchev–Trinajstić information content (AvgIpc) is 2.91. The fourth-order valence-electron chi connectivity index (χ4n) is 4.03. The predicted molar refractivity (Wildman–Crippen MR) is 141 cm³/mol. The lowest BCUT2D eigenvalue weighted by Crippen LogP contribution is -2.20. The van der Waals surface area contributed by atoms with Crippen LogP contribution in [-0.4, -0.2) is 4.21 Å². The zero-order valence-corrected chi connectivity index (χ0v) is 20.6. The first-order valence-corrected chi connectivity index (χ1v) is 12.9. The van der Waals surface area contributed by atoms with E-state index in [1.165, 1.54) is 11.1 Å². The molecule has 174 valence electrons.